The molecule has 0 saturated carbocycles. The Labute approximate surface area is 397 Å². The van der Waals surface area contributed by atoms with Crippen LogP contribution in [0.1, 0.15) is 0 Å². The summed E-state index contributed by atoms with van der Waals surface area (Å²) in [7, 11) is 0. The molecule has 0 unspecified atom stereocenters. The number of hydrogen-bond donors (Lipinski definition) is 0. The van der Waals surface area contributed by atoms with Crippen LogP contribution in [0.2, 0.25) is 0 Å². The zero-order valence-electron chi connectivity index (χ0n) is 36.8. The highest BCUT2D eigenvalue weighted by Gasteiger charge is 2.24. The Morgan fingerprint density at radius 1 is 0.279 bits per heavy atom. The molecule has 0 aliphatic heterocycles. The number of fused-ring (bicyclic) bond motifs is 6. The van der Waals surface area contributed by atoms with Crippen LogP contribution in [0.25, 0.3) is 126 Å². The van der Waals surface area contributed by atoms with Crippen molar-refractivity contribution in [3.8, 4) is 84.4 Å². The Morgan fingerprint density at radius 2 is 0.721 bits per heavy atom. The molecule has 0 fully saturated rings. The molecule has 3 aromatic heterocycles. The number of benzene rings is 10. The average molecular weight is 885 g/mol. The second kappa shape index (κ2) is 16.6. The number of rotatable bonds is 8. The first-order valence-corrected chi connectivity index (χ1v) is 23.7. The molecule has 0 aliphatic carbocycles. The molecule has 0 saturated heterocycles. The first-order valence-electron chi connectivity index (χ1n) is 22.9. The fourth-order valence-corrected chi connectivity index (χ4v) is 11.0. The van der Waals surface area contributed by atoms with E-state index in [2.05, 4.69) is 229 Å². The van der Waals surface area contributed by atoms with Gasteiger partial charge in [-0.2, -0.15) is 0 Å². The molecule has 0 spiro atoms. The third-order valence-corrected chi connectivity index (χ3v) is 14.2. The van der Waals surface area contributed by atoms with Crippen molar-refractivity contribution in [2.24, 2.45) is 0 Å². The summed E-state index contributed by atoms with van der Waals surface area (Å²) in [4.78, 5) is 16.1. The quantitative estimate of drug-likeness (QED) is 0.153. The fraction of sp³-hybridized carbons (Fsp3) is 0. The van der Waals surface area contributed by atoms with Gasteiger partial charge in [-0.25, -0.2) is 15.0 Å². The van der Waals surface area contributed by atoms with E-state index >= 15 is 0 Å². The average Bonchev–Trinajstić information content (AvgIpc) is 3.97. The van der Waals surface area contributed by atoms with Gasteiger partial charge in [0.2, 0.25) is 0 Å². The Hall–Kier alpha value is -8.77. The lowest BCUT2D eigenvalue weighted by atomic mass is 9.92. The van der Waals surface area contributed by atoms with E-state index in [0.29, 0.717) is 17.5 Å². The Kier molecular flexibility index (Phi) is 9.66. The van der Waals surface area contributed by atoms with Crippen molar-refractivity contribution < 1.29 is 0 Å². The van der Waals surface area contributed by atoms with Crippen molar-refractivity contribution in [3.63, 3.8) is 0 Å². The van der Waals surface area contributed by atoms with Gasteiger partial charge in [-0.3, -0.25) is 0 Å². The summed E-state index contributed by atoms with van der Waals surface area (Å²) in [6.45, 7) is 0. The molecule has 0 aliphatic rings. The maximum atomic E-state index is 5.45. The van der Waals surface area contributed by atoms with Crippen molar-refractivity contribution >= 4 is 53.3 Å². The van der Waals surface area contributed by atoms with E-state index in [1.54, 1.807) is 11.3 Å². The number of thiophene rings is 1. The maximum absolute atomic E-state index is 5.45. The maximum Gasteiger partial charge on any atom is 0.164 e. The van der Waals surface area contributed by atoms with Crippen molar-refractivity contribution in [1.29, 1.82) is 0 Å². The van der Waals surface area contributed by atoms with Crippen molar-refractivity contribution in [1.82, 2.24) is 19.5 Å². The van der Waals surface area contributed by atoms with Crippen molar-refractivity contribution in [2.75, 3.05) is 0 Å². The molecule has 4 nitrogen and oxygen atoms in total. The van der Waals surface area contributed by atoms with Gasteiger partial charge < -0.3 is 4.57 Å². The molecule has 13 aromatic rings. The highest BCUT2D eigenvalue weighted by molar-refractivity contribution is 7.25. The summed E-state index contributed by atoms with van der Waals surface area (Å²) in [6.07, 6.45) is 0. The second-order valence-electron chi connectivity index (χ2n) is 17.1. The van der Waals surface area contributed by atoms with Gasteiger partial charge in [0.25, 0.3) is 0 Å². The van der Waals surface area contributed by atoms with Gasteiger partial charge in [0, 0.05) is 58.8 Å². The topological polar surface area (TPSA) is 43.6 Å². The van der Waals surface area contributed by atoms with Gasteiger partial charge in [-0.15, -0.1) is 11.3 Å². The van der Waals surface area contributed by atoms with Gasteiger partial charge in [-0.05, 0) is 81.9 Å². The van der Waals surface area contributed by atoms with Crippen LogP contribution in [0.15, 0.2) is 243 Å². The predicted octanol–water partition coefficient (Wildman–Crippen LogP) is 17.0. The number of hydrogen-bond acceptors (Lipinski definition) is 4. The van der Waals surface area contributed by atoms with E-state index in [4.69, 9.17) is 15.0 Å². The smallest absolute Gasteiger partial charge is 0.164 e. The lowest BCUT2D eigenvalue weighted by Crippen LogP contribution is -2.04. The van der Waals surface area contributed by atoms with E-state index in [0.717, 1.165) is 61.1 Å². The normalized spacial score (nSPS) is 11.5. The minimum Gasteiger partial charge on any atom is -0.308 e. The van der Waals surface area contributed by atoms with Crippen molar-refractivity contribution in [2.45, 2.75) is 0 Å². The summed E-state index contributed by atoms with van der Waals surface area (Å²) in [5.41, 5.74) is 15.2. The van der Waals surface area contributed by atoms with E-state index in [1.807, 2.05) is 18.2 Å². The van der Waals surface area contributed by atoms with E-state index in [1.165, 1.54) is 47.8 Å². The van der Waals surface area contributed by atoms with E-state index < -0.39 is 0 Å². The van der Waals surface area contributed by atoms with Crippen LogP contribution in [0.5, 0.6) is 0 Å². The summed E-state index contributed by atoms with van der Waals surface area (Å²) >= 11 is 1.80. The van der Waals surface area contributed by atoms with Crippen molar-refractivity contribution in [3.05, 3.63) is 243 Å². The van der Waals surface area contributed by atoms with Crippen LogP contribution in [-0.2, 0) is 0 Å². The third-order valence-electron chi connectivity index (χ3n) is 13.1. The SMILES string of the molecule is c1ccc(-c2ccc3c(c2)c2cc(-c4ccccc4)ccc2n3-c2c(-c3ccccc3)cc(-c3nc(-c4ccccc4)nc(-c4cccc5sc6ccccc6c45)n3)cc2-c2ccccc2)cc1. The molecule has 0 N–H and O–H groups in total. The Morgan fingerprint density at radius 3 is 1.26 bits per heavy atom. The zero-order chi connectivity index (χ0) is 45.0. The molecule has 13 rings (SSSR count). The molecule has 3 heterocycles. The minimum atomic E-state index is 0.605. The van der Waals surface area contributed by atoms with Gasteiger partial charge in [0.1, 0.15) is 0 Å². The monoisotopic (exact) mass is 884 g/mol. The van der Waals surface area contributed by atoms with Crippen LogP contribution in [0, 0.1) is 0 Å². The molecular weight excluding hydrogens is 845 g/mol. The Balaban J connectivity index is 1.12. The van der Waals surface area contributed by atoms with Crippen LogP contribution >= 0.6 is 11.3 Å². The largest absolute Gasteiger partial charge is 0.308 e. The lowest BCUT2D eigenvalue weighted by Gasteiger charge is -2.21. The molecule has 5 heteroatoms. The molecule has 10 aromatic carbocycles. The van der Waals surface area contributed by atoms with Crippen LogP contribution < -0.4 is 0 Å². The van der Waals surface area contributed by atoms with Crippen LogP contribution in [0.3, 0.4) is 0 Å². The first-order chi connectivity index (χ1) is 33.7. The van der Waals surface area contributed by atoms with Gasteiger partial charge in [0.15, 0.2) is 17.5 Å². The first kappa shape index (κ1) is 39.6. The Bertz CT molecular complexity index is 3840. The highest BCUT2D eigenvalue weighted by atomic mass is 32.1. The zero-order valence-corrected chi connectivity index (χ0v) is 37.6. The summed E-state index contributed by atoms with van der Waals surface area (Å²) < 4.78 is 4.92. The molecule has 0 amide bonds. The fourth-order valence-electron chi connectivity index (χ4n) is 9.87. The molecule has 68 heavy (non-hydrogen) atoms. The molecule has 0 radical (unpaired) electrons. The second-order valence-corrected chi connectivity index (χ2v) is 18.2. The predicted molar refractivity (Wildman–Crippen MR) is 285 cm³/mol. The summed E-state index contributed by atoms with van der Waals surface area (Å²) in [5.74, 6) is 1.87. The molecular formula is C63H40N4S. The van der Waals surface area contributed by atoms with E-state index in [9.17, 15) is 0 Å². The van der Waals surface area contributed by atoms with E-state index in [-0.39, 0.29) is 0 Å². The van der Waals surface area contributed by atoms with Crippen LogP contribution in [-0.4, -0.2) is 19.5 Å². The van der Waals surface area contributed by atoms with Crippen LogP contribution in [0.4, 0.5) is 0 Å². The van der Waals surface area contributed by atoms with Gasteiger partial charge in [-0.1, -0.05) is 194 Å². The summed E-state index contributed by atoms with van der Waals surface area (Å²) in [5, 5.41) is 4.73. The van der Waals surface area contributed by atoms with Gasteiger partial charge in [0.05, 0.1) is 16.7 Å². The summed E-state index contributed by atoms with van der Waals surface area (Å²) in [6, 6.07) is 86.6. The standard InChI is InChI=1S/C63H40N4S/c1-6-19-41(20-7-1)46-33-35-55-53(37-46)54-38-47(42-21-8-2-9-22-42)34-36-56(54)67(55)60-51(43-23-10-3-11-24-43)39-48(40-52(60)44-25-12-4-13-26-44)62-64-61(45-27-14-5-15-28-45)65-63(66-62)50-30-18-32-58-59(50)49-29-16-17-31-57(49)68-58/h1-40H. The lowest BCUT2D eigenvalue weighted by molar-refractivity contribution is 1.08. The number of nitrogens with zero attached hydrogens (tertiary/aromatic N) is 4. The molecule has 0 bridgehead atoms. The van der Waals surface area contributed by atoms with Gasteiger partial charge >= 0.3 is 0 Å². The molecule has 0 atom stereocenters. The third kappa shape index (κ3) is 6.88. The minimum absolute atomic E-state index is 0.605. The highest BCUT2D eigenvalue weighted by Crippen LogP contribution is 2.46. The number of aromatic nitrogens is 4. The molecule has 318 valence electrons.